The van der Waals surface area contributed by atoms with Crippen molar-refractivity contribution >= 4 is 28.6 Å². The van der Waals surface area contributed by atoms with Gasteiger partial charge in [0.25, 0.3) is 5.91 Å². The standard InChI is InChI=1S/C24H22N4O2/c1-27(2)19-9-11-20(12-10-19)28-13-5-8-21(28)16-25-26-24(30)22-14-17-6-3-4-7-18(17)15-23(22)29/h3-16,29H,1-2H3,(H,26,30). The van der Waals surface area contributed by atoms with Crippen LogP contribution in [0.1, 0.15) is 16.1 Å². The average Bonchev–Trinajstić information content (AvgIpc) is 3.21. The Kier molecular flexibility index (Phi) is 5.22. The van der Waals surface area contributed by atoms with Crippen molar-refractivity contribution in [3.8, 4) is 11.4 Å². The van der Waals surface area contributed by atoms with Gasteiger partial charge in [0.2, 0.25) is 0 Å². The van der Waals surface area contributed by atoms with Crippen LogP contribution in [0, 0.1) is 0 Å². The molecule has 0 aliphatic rings. The van der Waals surface area contributed by atoms with E-state index >= 15 is 0 Å². The minimum atomic E-state index is -0.469. The Labute approximate surface area is 174 Å². The van der Waals surface area contributed by atoms with Gasteiger partial charge in [-0.05, 0) is 59.3 Å². The monoisotopic (exact) mass is 398 g/mol. The third kappa shape index (κ3) is 3.89. The van der Waals surface area contributed by atoms with Crippen LogP contribution in [0.15, 0.2) is 84.1 Å². The van der Waals surface area contributed by atoms with Crippen LogP contribution in [0.25, 0.3) is 16.5 Å². The number of amides is 1. The molecule has 0 bridgehead atoms. The van der Waals surface area contributed by atoms with Crippen LogP contribution in [0.3, 0.4) is 0 Å². The highest BCUT2D eigenvalue weighted by molar-refractivity contribution is 6.01. The van der Waals surface area contributed by atoms with E-state index in [4.69, 9.17) is 0 Å². The number of nitrogens with zero attached hydrogens (tertiary/aromatic N) is 3. The quantitative estimate of drug-likeness (QED) is 0.392. The van der Waals surface area contributed by atoms with Crippen molar-refractivity contribution < 1.29 is 9.90 Å². The molecule has 2 N–H and O–H groups in total. The lowest BCUT2D eigenvalue weighted by molar-refractivity contribution is 0.0952. The summed E-state index contributed by atoms with van der Waals surface area (Å²) in [5.41, 5.74) is 5.60. The topological polar surface area (TPSA) is 69.9 Å². The lowest BCUT2D eigenvalue weighted by Crippen LogP contribution is -2.18. The van der Waals surface area contributed by atoms with Crippen molar-refractivity contribution in [3.05, 3.63) is 90.3 Å². The second-order valence-corrected chi connectivity index (χ2v) is 7.13. The van der Waals surface area contributed by atoms with Crippen molar-refractivity contribution in [2.75, 3.05) is 19.0 Å². The fraction of sp³-hybridized carbons (Fsp3) is 0.0833. The number of nitrogens with one attached hydrogen (secondary N) is 1. The van der Waals surface area contributed by atoms with E-state index in [9.17, 15) is 9.90 Å². The zero-order valence-corrected chi connectivity index (χ0v) is 16.8. The van der Waals surface area contributed by atoms with E-state index < -0.39 is 5.91 Å². The van der Waals surface area contributed by atoms with E-state index in [0.29, 0.717) is 0 Å². The number of benzene rings is 3. The van der Waals surface area contributed by atoms with E-state index in [1.54, 1.807) is 18.3 Å². The summed E-state index contributed by atoms with van der Waals surface area (Å²) in [5.74, 6) is -0.547. The highest BCUT2D eigenvalue weighted by Crippen LogP contribution is 2.25. The maximum atomic E-state index is 12.5. The lowest BCUT2D eigenvalue weighted by Gasteiger charge is -2.13. The van der Waals surface area contributed by atoms with Gasteiger partial charge >= 0.3 is 0 Å². The molecule has 0 spiro atoms. The number of carbonyl (C=O) groups excluding carboxylic acids is 1. The summed E-state index contributed by atoms with van der Waals surface area (Å²) in [7, 11) is 4.00. The van der Waals surface area contributed by atoms with Gasteiger partial charge in [-0.1, -0.05) is 24.3 Å². The van der Waals surface area contributed by atoms with Gasteiger partial charge in [-0.25, -0.2) is 5.43 Å². The molecule has 0 atom stereocenters. The number of anilines is 1. The lowest BCUT2D eigenvalue weighted by atomic mass is 10.1. The normalized spacial score (nSPS) is 11.1. The van der Waals surface area contributed by atoms with Crippen molar-refractivity contribution in [1.29, 1.82) is 0 Å². The van der Waals surface area contributed by atoms with Gasteiger partial charge < -0.3 is 14.6 Å². The summed E-state index contributed by atoms with van der Waals surface area (Å²) in [5, 5.41) is 16.0. The number of hydrazone groups is 1. The number of aromatic nitrogens is 1. The van der Waals surface area contributed by atoms with Gasteiger partial charge in [-0.2, -0.15) is 5.10 Å². The van der Waals surface area contributed by atoms with Crippen LogP contribution in [-0.2, 0) is 0 Å². The Morgan fingerprint density at radius 1 is 1.00 bits per heavy atom. The molecule has 0 aliphatic carbocycles. The van der Waals surface area contributed by atoms with Crippen molar-refractivity contribution in [3.63, 3.8) is 0 Å². The molecule has 6 nitrogen and oxygen atoms in total. The number of hydrogen-bond acceptors (Lipinski definition) is 4. The molecule has 6 heteroatoms. The summed E-state index contributed by atoms with van der Waals surface area (Å²) >= 11 is 0. The maximum absolute atomic E-state index is 12.5. The molecule has 1 aromatic heterocycles. The molecule has 0 radical (unpaired) electrons. The molecule has 150 valence electrons. The second kappa shape index (κ2) is 8.13. The molecular weight excluding hydrogens is 376 g/mol. The van der Waals surface area contributed by atoms with E-state index in [1.165, 1.54) is 0 Å². The number of phenolic OH excluding ortho intramolecular Hbond substituents is 1. The number of fused-ring (bicyclic) bond motifs is 1. The number of carbonyl (C=O) groups is 1. The molecule has 0 saturated heterocycles. The zero-order chi connectivity index (χ0) is 21.1. The smallest absolute Gasteiger partial charge is 0.275 e. The first-order valence-corrected chi connectivity index (χ1v) is 9.53. The van der Waals surface area contributed by atoms with Crippen molar-refractivity contribution in [1.82, 2.24) is 9.99 Å². The fourth-order valence-corrected chi connectivity index (χ4v) is 3.27. The van der Waals surface area contributed by atoms with Crippen LogP contribution in [-0.4, -0.2) is 35.9 Å². The van der Waals surface area contributed by atoms with Gasteiger partial charge in [0.1, 0.15) is 5.75 Å². The van der Waals surface area contributed by atoms with Crippen molar-refractivity contribution in [2.45, 2.75) is 0 Å². The van der Waals surface area contributed by atoms with E-state index in [-0.39, 0.29) is 11.3 Å². The van der Waals surface area contributed by atoms with Crippen LogP contribution in [0.4, 0.5) is 5.69 Å². The van der Waals surface area contributed by atoms with Crippen LogP contribution in [0.5, 0.6) is 5.75 Å². The summed E-state index contributed by atoms with van der Waals surface area (Å²) in [6, 6.07) is 22.7. The van der Waals surface area contributed by atoms with Crippen LogP contribution in [0.2, 0.25) is 0 Å². The average molecular weight is 398 g/mol. The summed E-state index contributed by atoms with van der Waals surface area (Å²) in [6.07, 6.45) is 3.51. The van der Waals surface area contributed by atoms with Gasteiger partial charge in [0.15, 0.2) is 0 Å². The van der Waals surface area contributed by atoms with Gasteiger partial charge in [-0.15, -0.1) is 0 Å². The minimum absolute atomic E-state index is 0.0780. The zero-order valence-electron chi connectivity index (χ0n) is 16.8. The Morgan fingerprint density at radius 2 is 1.70 bits per heavy atom. The summed E-state index contributed by atoms with van der Waals surface area (Å²) in [6.45, 7) is 0. The third-order valence-electron chi connectivity index (χ3n) is 4.90. The molecule has 4 rings (SSSR count). The van der Waals surface area contributed by atoms with Crippen molar-refractivity contribution in [2.24, 2.45) is 5.10 Å². The molecule has 4 aromatic rings. The highest BCUT2D eigenvalue weighted by Gasteiger charge is 2.12. The second-order valence-electron chi connectivity index (χ2n) is 7.13. The summed E-state index contributed by atoms with van der Waals surface area (Å²) < 4.78 is 1.97. The molecule has 1 amide bonds. The molecule has 3 aromatic carbocycles. The number of hydrogen-bond donors (Lipinski definition) is 2. The Morgan fingerprint density at radius 3 is 2.40 bits per heavy atom. The molecule has 30 heavy (non-hydrogen) atoms. The first-order valence-electron chi connectivity index (χ1n) is 9.53. The van der Waals surface area contributed by atoms with E-state index in [1.807, 2.05) is 90.4 Å². The molecule has 1 heterocycles. The van der Waals surface area contributed by atoms with Crippen LogP contribution < -0.4 is 10.3 Å². The largest absolute Gasteiger partial charge is 0.507 e. The fourth-order valence-electron chi connectivity index (χ4n) is 3.27. The molecular formula is C24H22N4O2. The van der Waals surface area contributed by atoms with Gasteiger partial charge in [0.05, 0.1) is 17.5 Å². The van der Waals surface area contributed by atoms with E-state index in [2.05, 4.69) is 10.5 Å². The number of aromatic hydroxyl groups is 1. The predicted octanol–water partition coefficient (Wildman–Crippen LogP) is 4.17. The molecule has 0 aliphatic heterocycles. The minimum Gasteiger partial charge on any atom is -0.507 e. The first kappa shape index (κ1) is 19.3. The Hall–Kier alpha value is -4.06. The van der Waals surface area contributed by atoms with Gasteiger partial charge in [-0.3, -0.25) is 4.79 Å². The van der Waals surface area contributed by atoms with E-state index in [0.717, 1.165) is 27.8 Å². The van der Waals surface area contributed by atoms with Crippen LogP contribution >= 0.6 is 0 Å². The SMILES string of the molecule is CN(C)c1ccc(-n2cccc2C=NNC(=O)c2cc3ccccc3cc2O)cc1. The first-order chi connectivity index (χ1) is 14.5. The molecule has 0 saturated carbocycles. The molecule has 0 fully saturated rings. The third-order valence-corrected chi connectivity index (χ3v) is 4.90. The highest BCUT2D eigenvalue weighted by atomic mass is 16.3. The Bertz CT molecular complexity index is 1220. The van der Waals surface area contributed by atoms with Gasteiger partial charge in [0, 0.05) is 31.7 Å². The number of rotatable bonds is 5. The number of phenols is 1. The predicted molar refractivity (Wildman–Crippen MR) is 121 cm³/mol. The Balaban J connectivity index is 1.51. The maximum Gasteiger partial charge on any atom is 0.275 e. The molecule has 0 unspecified atom stereocenters. The summed E-state index contributed by atoms with van der Waals surface area (Å²) in [4.78, 5) is 14.5.